The van der Waals surface area contributed by atoms with Gasteiger partial charge in [-0.15, -0.1) is 0 Å². The highest BCUT2D eigenvalue weighted by molar-refractivity contribution is 7.91. The number of ether oxygens (including phenoxy) is 1. The van der Waals surface area contributed by atoms with Gasteiger partial charge >= 0.3 is 0 Å². The highest BCUT2D eigenvalue weighted by atomic mass is 32.2. The summed E-state index contributed by atoms with van der Waals surface area (Å²) in [6, 6.07) is 5.41. The minimum Gasteiger partial charge on any atom is -0.489 e. The molecule has 1 aromatic carbocycles. The molecule has 5 heteroatoms. The summed E-state index contributed by atoms with van der Waals surface area (Å²) in [5, 5.41) is -0.329. The summed E-state index contributed by atoms with van der Waals surface area (Å²) in [6.07, 6.45) is 4.80. The van der Waals surface area contributed by atoms with Crippen LogP contribution in [0.1, 0.15) is 41.6 Å². The van der Waals surface area contributed by atoms with E-state index in [-0.39, 0.29) is 11.4 Å². The van der Waals surface area contributed by atoms with E-state index in [9.17, 15) is 13.2 Å². The van der Waals surface area contributed by atoms with Crippen molar-refractivity contribution in [2.45, 2.75) is 44.0 Å². The number of aryl methyl sites for hydroxylation is 1. The van der Waals surface area contributed by atoms with Crippen LogP contribution in [-0.2, 0) is 9.84 Å². The molecule has 1 fully saturated rings. The number of rotatable bonds is 4. The Morgan fingerprint density at radius 1 is 1.30 bits per heavy atom. The van der Waals surface area contributed by atoms with E-state index in [1.54, 1.807) is 6.07 Å². The van der Waals surface area contributed by atoms with Crippen LogP contribution in [0.3, 0.4) is 0 Å². The standard InChI is InChI=1S/C15H20O4S/c1-11-5-3-6-12(10-16)15(11)19-13-7-4-8-14(9-13)20(2,17)18/h3,5-6,10,13-14H,4,7-9H2,1-2H3. The first-order valence-electron chi connectivity index (χ1n) is 6.82. The lowest BCUT2D eigenvalue weighted by Crippen LogP contribution is -2.33. The van der Waals surface area contributed by atoms with Crippen molar-refractivity contribution in [3.05, 3.63) is 29.3 Å². The molecule has 0 spiro atoms. The topological polar surface area (TPSA) is 60.4 Å². The molecule has 0 N–H and O–H groups in total. The molecule has 0 bridgehead atoms. The Kier molecular flexibility index (Phi) is 4.48. The summed E-state index contributed by atoms with van der Waals surface area (Å²) >= 11 is 0. The van der Waals surface area contributed by atoms with Crippen LogP contribution < -0.4 is 4.74 Å². The second-order valence-corrected chi connectivity index (χ2v) is 7.79. The first kappa shape index (κ1) is 15.0. The Morgan fingerprint density at radius 3 is 2.70 bits per heavy atom. The van der Waals surface area contributed by atoms with Crippen LogP contribution in [0, 0.1) is 6.92 Å². The predicted molar refractivity (Wildman–Crippen MR) is 78.1 cm³/mol. The van der Waals surface area contributed by atoms with Gasteiger partial charge in [-0.25, -0.2) is 8.42 Å². The smallest absolute Gasteiger partial charge is 0.153 e. The zero-order chi connectivity index (χ0) is 14.8. The molecule has 4 nitrogen and oxygen atoms in total. The minimum atomic E-state index is -3.03. The van der Waals surface area contributed by atoms with Crippen LogP contribution in [-0.4, -0.2) is 32.3 Å². The van der Waals surface area contributed by atoms with Gasteiger partial charge in [0.15, 0.2) is 6.29 Å². The third-order valence-corrected chi connectivity index (χ3v) is 5.48. The normalized spacial score (nSPS) is 23.3. The second-order valence-electron chi connectivity index (χ2n) is 5.47. The van der Waals surface area contributed by atoms with Gasteiger partial charge in [0.2, 0.25) is 0 Å². The number of carbonyl (C=O) groups excluding carboxylic acids is 1. The Labute approximate surface area is 120 Å². The molecule has 110 valence electrons. The Balaban J connectivity index is 2.16. The van der Waals surface area contributed by atoms with Crippen LogP contribution in [0.5, 0.6) is 5.75 Å². The molecule has 0 saturated heterocycles. The maximum Gasteiger partial charge on any atom is 0.153 e. The van der Waals surface area contributed by atoms with E-state index in [1.165, 1.54) is 6.26 Å². The van der Waals surface area contributed by atoms with Crippen molar-refractivity contribution in [3.8, 4) is 5.75 Å². The van der Waals surface area contributed by atoms with Crippen molar-refractivity contribution in [2.75, 3.05) is 6.26 Å². The van der Waals surface area contributed by atoms with Gasteiger partial charge in [0.25, 0.3) is 0 Å². The molecule has 2 atom stereocenters. The van der Waals surface area contributed by atoms with Crippen molar-refractivity contribution >= 4 is 16.1 Å². The van der Waals surface area contributed by atoms with Crippen LogP contribution in [0.2, 0.25) is 0 Å². The summed E-state index contributed by atoms with van der Waals surface area (Å²) in [7, 11) is -3.03. The van der Waals surface area contributed by atoms with E-state index in [0.717, 1.165) is 24.7 Å². The number of sulfone groups is 1. The molecule has 1 aliphatic carbocycles. The van der Waals surface area contributed by atoms with Crippen LogP contribution in [0.25, 0.3) is 0 Å². The number of benzene rings is 1. The van der Waals surface area contributed by atoms with Crippen LogP contribution in [0.15, 0.2) is 18.2 Å². The molecule has 0 heterocycles. The van der Waals surface area contributed by atoms with E-state index in [1.807, 2.05) is 19.1 Å². The summed E-state index contributed by atoms with van der Waals surface area (Å²) < 4.78 is 29.3. The van der Waals surface area contributed by atoms with Crippen molar-refractivity contribution in [3.63, 3.8) is 0 Å². The average molecular weight is 296 g/mol. The number of aldehydes is 1. The fourth-order valence-electron chi connectivity index (χ4n) is 2.69. The minimum absolute atomic E-state index is 0.136. The summed E-state index contributed by atoms with van der Waals surface area (Å²) in [6.45, 7) is 1.89. The lowest BCUT2D eigenvalue weighted by atomic mass is 9.97. The number of para-hydroxylation sites is 1. The maximum atomic E-state index is 11.7. The molecule has 0 aromatic heterocycles. The zero-order valence-electron chi connectivity index (χ0n) is 11.8. The Hall–Kier alpha value is -1.36. The average Bonchev–Trinajstić information content (AvgIpc) is 2.40. The Morgan fingerprint density at radius 2 is 2.05 bits per heavy atom. The molecule has 1 saturated carbocycles. The van der Waals surface area contributed by atoms with Gasteiger partial charge < -0.3 is 4.74 Å². The largest absolute Gasteiger partial charge is 0.489 e. The quantitative estimate of drug-likeness (QED) is 0.801. The van der Waals surface area contributed by atoms with Crippen molar-refractivity contribution in [2.24, 2.45) is 0 Å². The molecule has 0 aliphatic heterocycles. The molecule has 0 amide bonds. The van der Waals surface area contributed by atoms with E-state index >= 15 is 0 Å². The summed E-state index contributed by atoms with van der Waals surface area (Å²) in [5.41, 5.74) is 1.42. The lowest BCUT2D eigenvalue weighted by molar-refractivity contribution is 0.110. The first-order chi connectivity index (χ1) is 9.41. The maximum absolute atomic E-state index is 11.7. The Bertz CT molecular complexity index is 592. The van der Waals surface area contributed by atoms with Crippen molar-refractivity contribution < 1.29 is 17.9 Å². The molecular formula is C15H20O4S. The molecule has 1 aliphatic rings. The fourth-order valence-corrected chi connectivity index (χ4v) is 3.85. The van der Waals surface area contributed by atoms with Gasteiger partial charge in [-0.05, 0) is 37.8 Å². The summed E-state index contributed by atoms with van der Waals surface area (Å²) in [4.78, 5) is 11.1. The molecule has 20 heavy (non-hydrogen) atoms. The molecular weight excluding hydrogens is 276 g/mol. The van der Waals surface area contributed by atoms with Crippen molar-refractivity contribution in [1.29, 1.82) is 0 Å². The van der Waals surface area contributed by atoms with E-state index in [2.05, 4.69) is 0 Å². The van der Waals surface area contributed by atoms with Gasteiger partial charge in [-0.2, -0.15) is 0 Å². The predicted octanol–water partition coefficient (Wildman–Crippen LogP) is 2.54. The van der Waals surface area contributed by atoms with E-state index in [0.29, 0.717) is 24.2 Å². The third-order valence-electron chi connectivity index (χ3n) is 3.84. The first-order valence-corrected chi connectivity index (χ1v) is 8.77. The van der Waals surface area contributed by atoms with Gasteiger partial charge in [0.1, 0.15) is 15.6 Å². The van der Waals surface area contributed by atoms with Gasteiger partial charge in [0.05, 0.1) is 16.9 Å². The third kappa shape index (κ3) is 3.39. The second kappa shape index (κ2) is 5.95. The van der Waals surface area contributed by atoms with Gasteiger partial charge in [0, 0.05) is 12.7 Å². The molecule has 2 rings (SSSR count). The monoisotopic (exact) mass is 296 g/mol. The van der Waals surface area contributed by atoms with Crippen LogP contribution >= 0.6 is 0 Å². The van der Waals surface area contributed by atoms with Crippen molar-refractivity contribution in [1.82, 2.24) is 0 Å². The van der Waals surface area contributed by atoms with E-state index < -0.39 is 9.84 Å². The number of hydrogen-bond acceptors (Lipinski definition) is 4. The molecule has 2 unspecified atom stereocenters. The SMILES string of the molecule is Cc1cccc(C=O)c1OC1CCCC(S(C)(=O)=O)C1. The number of hydrogen-bond donors (Lipinski definition) is 0. The lowest BCUT2D eigenvalue weighted by Gasteiger charge is -2.29. The summed E-state index contributed by atoms with van der Waals surface area (Å²) in [5.74, 6) is 0.585. The van der Waals surface area contributed by atoms with Gasteiger partial charge in [-0.1, -0.05) is 12.1 Å². The molecule has 1 aromatic rings. The van der Waals surface area contributed by atoms with Crippen LogP contribution in [0.4, 0.5) is 0 Å². The molecule has 0 radical (unpaired) electrons. The zero-order valence-corrected chi connectivity index (χ0v) is 12.7. The van der Waals surface area contributed by atoms with E-state index in [4.69, 9.17) is 4.74 Å². The highest BCUT2D eigenvalue weighted by Gasteiger charge is 2.30. The van der Waals surface area contributed by atoms with Gasteiger partial charge in [-0.3, -0.25) is 4.79 Å². The number of carbonyl (C=O) groups is 1. The highest BCUT2D eigenvalue weighted by Crippen LogP contribution is 2.30. The fraction of sp³-hybridized carbons (Fsp3) is 0.533.